The van der Waals surface area contributed by atoms with Crippen molar-refractivity contribution in [1.82, 2.24) is 10.6 Å². The van der Waals surface area contributed by atoms with Crippen molar-refractivity contribution in [2.75, 3.05) is 40.2 Å². The molecule has 1 heterocycles. The molecule has 9 nitrogen and oxygen atoms in total. The highest BCUT2D eigenvalue weighted by molar-refractivity contribution is 8.14. The fourth-order valence-electron chi connectivity index (χ4n) is 2.25. The summed E-state index contributed by atoms with van der Waals surface area (Å²) in [5.41, 5.74) is 0.193. The van der Waals surface area contributed by atoms with E-state index in [1.807, 2.05) is 0 Å². The van der Waals surface area contributed by atoms with E-state index in [4.69, 9.17) is 14.2 Å². The van der Waals surface area contributed by atoms with Crippen molar-refractivity contribution in [3.8, 4) is 17.2 Å². The van der Waals surface area contributed by atoms with Crippen molar-refractivity contribution in [2.45, 2.75) is 6.04 Å². The van der Waals surface area contributed by atoms with Gasteiger partial charge in [-0.05, 0) is 12.1 Å². The lowest BCUT2D eigenvalue weighted by Gasteiger charge is -2.17. The topological polar surface area (TPSA) is 118 Å². The Bertz CT molecular complexity index is 684. The quantitative estimate of drug-likeness (QED) is 0.607. The molecule has 1 aliphatic rings. The number of benzene rings is 1. The van der Waals surface area contributed by atoms with Gasteiger partial charge in [-0.1, -0.05) is 11.8 Å². The van der Waals surface area contributed by atoms with E-state index < -0.39 is 24.5 Å². The standard InChI is InChI=1S/C16H21N3O6S/c1-23-11-6-9(7-12(24-2)13(11)25-3)14(21)18-10(8-20)15(22)19-16-17-4-5-26-16/h6-7,10,20H,4-5,8H2,1-3H3,(H,18,21)(H,17,19,22)/t10-/m0/s1. The maximum absolute atomic E-state index is 12.5. The summed E-state index contributed by atoms with van der Waals surface area (Å²) in [6.45, 7) is 0.0712. The zero-order chi connectivity index (χ0) is 19.1. The normalized spacial score (nSPS) is 14.2. The maximum atomic E-state index is 12.5. The van der Waals surface area contributed by atoms with E-state index in [0.29, 0.717) is 29.0 Å². The molecule has 0 bridgehead atoms. The smallest absolute Gasteiger partial charge is 0.252 e. The molecule has 0 unspecified atom stereocenters. The third kappa shape index (κ3) is 4.58. The van der Waals surface area contributed by atoms with Gasteiger partial charge in [0.15, 0.2) is 16.7 Å². The average molecular weight is 383 g/mol. The number of ether oxygens (including phenoxy) is 3. The average Bonchev–Trinajstić information content (AvgIpc) is 3.17. The van der Waals surface area contributed by atoms with E-state index in [1.54, 1.807) is 0 Å². The van der Waals surface area contributed by atoms with Gasteiger partial charge < -0.3 is 30.0 Å². The number of aliphatic hydroxyl groups is 1. The van der Waals surface area contributed by atoms with E-state index in [2.05, 4.69) is 15.6 Å². The van der Waals surface area contributed by atoms with Gasteiger partial charge >= 0.3 is 0 Å². The molecule has 0 radical (unpaired) electrons. The first kappa shape index (κ1) is 19.9. The predicted molar refractivity (Wildman–Crippen MR) is 97.3 cm³/mol. The minimum absolute atomic E-state index is 0.193. The van der Waals surface area contributed by atoms with E-state index in [9.17, 15) is 14.7 Å². The SMILES string of the molecule is COc1cc(C(=O)N[C@@H](CO)C(=O)NC2=NCCS2)cc(OC)c1OC. The Morgan fingerprint density at radius 3 is 2.35 bits per heavy atom. The third-order valence-electron chi connectivity index (χ3n) is 3.55. The maximum Gasteiger partial charge on any atom is 0.252 e. The Morgan fingerprint density at radius 1 is 1.23 bits per heavy atom. The Morgan fingerprint density at radius 2 is 1.88 bits per heavy atom. The molecule has 0 aromatic heterocycles. The first-order valence-corrected chi connectivity index (χ1v) is 8.72. The fourth-order valence-corrected chi connectivity index (χ4v) is 2.98. The number of hydrogen-bond donors (Lipinski definition) is 3. The lowest BCUT2D eigenvalue weighted by Crippen LogP contribution is -2.49. The van der Waals surface area contributed by atoms with Crippen molar-refractivity contribution in [1.29, 1.82) is 0 Å². The van der Waals surface area contributed by atoms with Gasteiger partial charge in [-0.25, -0.2) is 0 Å². The van der Waals surface area contributed by atoms with Crippen LogP contribution in [0.1, 0.15) is 10.4 Å². The molecule has 1 aromatic carbocycles. The third-order valence-corrected chi connectivity index (χ3v) is 4.44. The van der Waals surface area contributed by atoms with Crippen molar-refractivity contribution < 1.29 is 28.9 Å². The molecule has 0 spiro atoms. The molecule has 3 N–H and O–H groups in total. The predicted octanol–water partition coefficient (Wildman–Crippen LogP) is 0.0221. The highest BCUT2D eigenvalue weighted by Gasteiger charge is 2.24. The molecule has 142 valence electrons. The van der Waals surface area contributed by atoms with Crippen LogP contribution in [-0.2, 0) is 4.79 Å². The van der Waals surface area contributed by atoms with Crippen LogP contribution in [0, 0.1) is 0 Å². The first-order valence-electron chi connectivity index (χ1n) is 7.73. The Balaban J connectivity index is 2.15. The number of amides is 2. The summed E-state index contributed by atoms with van der Waals surface area (Å²) >= 11 is 1.40. The van der Waals surface area contributed by atoms with Gasteiger partial charge in [-0.2, -0.15) is 0 Å². The van der Waals surface area contributed by atoms with Crippen molar-refractivity contribution in [3.05, 3.63) is 17.7 Å². The molecule has 10 heteroatoms. The summed E-state index contributed by atoms with van der Waals surface area (Å²) < 4.78 is 15.6. The van der Waals surface area contributed by atoms with E-state index in [0.717, 1.165) is 5.75 Å². The van der Waals surface area contributed by atoms with Crippen LogP contribution in [0.2, 0.25) is 0 Å². The molecule has 1 atom stereocenters. The van der Waals surface area contributed by atoms with Gasteiger partial charge in [0.1, 0.15) is 6.04 Å². The van der Waals surface area contributed by atoms with Gasteiger partial charge in [0.2, 0.25) is 5.75 Å². The number of hydrogen-bond acceptors (Lipinski definition) is 8. The van der Waals surface area contributed by atoms with Crippen molar-refractivity contribution in [3.63, 3.8) is 0 Å². The van der Waals surface area contributed by atoms with Crippen LogP contribution in [0.5, 0.6) is 17.2 Å². The zero-order valence-corrected chi connectivity index (χ0v) is 15.5. The van der Waals surface area contributed by atoms with Crippen LogP contribution in [-0.4, -0.2) is 68.4 Å². The lowest BCUT2D eigenvalue weighted by molar-refractivity contribution is -0.122. The molecule has 0 aliphatic carbocycles. The Labute approximate surface area is 155 Å². The van der Waals surface area contributed by atoms with Gasteiger partial charge in [-0.15, -0.1) is 0 Å². The number of nitrogens with zero attached hydrogens (tertiary/aromatic N) is 1. The van der Waals surface area contributed by atoms with Crippen LogP contribution in [0.15, 0.2) is 17.1 Å². The molecule has 0 saturated heterocycles. The van der Waals surface area contributed by atoms with Gasteiger partial charge in [-0.3, -0.25) is 14.6 Å². The summed E-state index contributed by atoms with van der Waals surface area (Å²) in [6.07, 6.45) is 0. The second-order valence-corrected chi connectivity index (χ2v) is 6.23. The number of methoxy groups -OCH3 is 3. The molecule has 1 aliphatic heterocycles. The van der Waals surface area contributed by atoms with Gasteiger partial charge in [0.05, 0.1) is 34.5 Å². The highest BCUT2D eigenvalue weighted by atomic mass is 32.2. The minimum Gasteiger partial charge on any atom is -0.493 e. The van der Waals surface area contributed by atoms with Crippen LogP contribution in [0.3, 0.4) is 0 Å². The number of carbonyl (C=O) groups excluding carboxylic acids is 2. The number of aliphatic imine (C=N–C) groups is 1. The van der Waals surface area contributed by atoms with Crippen molar-refractivity contribution >= 4 is 28.7 Å². The highest BCUT2D eigenvalue weighted by Crippen LogP contribution is 2.38. The molecular weight excluding hydrogens is 362 g/mol. The van der Waals surface area contributed by atoms with Crippen LogP contribution in [0.4, 0.5) is 0 Å². The summed E-state index contributed by atoms with van der Waals surface area (Å²) in [7, 11) is 4.32. The van der Waals surface area contributed by atoms with E-state index >= 15 is 0 Å². The second-order valence-electron chi connectivity index (χ2n) is 5.15. The van der Waals surface area contributed by atoms with E-state index in [1.165, 1.54) is 45.2 Å². The largest absolute Gasteiger partial charge is 0.493 e. The molecule has 0 saturated carbocycles. The monoisotopic (exact) mass is 383 g/mol. The fraction of sp³-hybridized carbons (Fsp3) is 0.438. The molecule has 2 rings (SSSR count). The lowest BCUT2D eigenvalue weighted by atomic mass is 10.1. The number of thioether (sulfide) groups is 1. The number of nitrogens with one attached hydrogen (secondary N) is 2. The number of carbonyl (C=O) groups is 2. The Hall–Kier alpha value is -2.46. The van der Waals surface area contributed by atoms with Gasteiger partial charge in [0, 0.05) is 11.3 Å². The number of amidine groups is 1. The number of aliphatic hydroxyl groups excluding tert-OH is 1. The molecular formula is C16H21N3O6S. The zero-order valence-electron chi connectivity index (χ0n) is 14.7. The van der Waals surface area contributed by atoms with Gasteiger partial charge in [0.25, 0.3) is 11.8 Å². The number of rotatable bonds is 7. The van der Waals surface area contributed by atoms with Crippen LogP contribution in [0.25, 0.3) is 0 Å². The second kappa shape index (κ2) is 9.30. The summed E-state index contributed by atoms with van der Waals surface area (Å²) in [5.74, 6) is 0.634. The van der Waals surface area contributed by atoms with Crippen LogP contribution < -0.4 is 24.8 Å². The molecule has 2 amide bonds. The summed E-state index contributed by atoms with van der Waals surface area (Å²) in [5, 5.41) is 15.0. The Kier molecular flexibility index (Phi) is 7.10. The van der Waals surface area contributed by atoms with Crippen molar-refractivity contribution in [2.24, 2.45) is 4.99 Å². The van der Waals surface area contributed by atoms with E-state index in [-0.39, 0.29) is 5.56 Å². The minimum atomic E-state index is -1.12. The molecule has 1 aromatic rings. The van der Waals surface area contributed by atoms with Crippen LogP contribution >= 0.6 is 11.8 Å². The first-order chi connectivity index (χ1) is 12.5. The molecule has 0 fully saturated rings. The molecule has 26 heavy (non-hydrogen) atoms. The summed E-state index contributed by atoms with van der Waals surface area (Å²) in [4.78, 5) is 28.8. The summed E-state index contributed by atoms with van der Waals surface area (Å²) in [6, 6.07) is 1.80.